The lowest BCUT2D eigenvalue weighted by Crippen LogP contribution is -2.15. The summed E-state index contributed by atoms with van der Waals surface area (Å²) in [6, 6.07) is 16.0. The van der Waals surface area contributed by atoms with E-state index in [0.29, 0.717) is 6.54 Å². The Balaban J connectivity index is 1.88. The van der Waals surface area contributed by atoms with E-state index in [1.165, 1.54) is 9.13 Å². The number of hydrogen-bond acceptors (Lipinski definition) is 2. The Morgan fingerprint density at radius 2 is 1.95 bits per heavy atom. The molecule has 0 unspecified atom stereocenters. The van der Waals surface area contributed by atoms with Crippen molar-refractivity contribution in [1.29, 1.82) is 0 Å². The molecule has 21 heavy (non-hydrogen) atoms. The van der Waals surface area contributed by atoms with Crippen molar-refractivity contribution in [3.8, 4) is 0 Å². The van der Waals surface area contributed by atoms with Crippen molar-refractivity contribution in [3.05, 3.63) is 73.6 Å². The van der Waals surface area contributed by atoms with Gasteiger partial charge >= 0.3 is 0 Å². The Labute approximate surface area is 136 Å². The van der Waals surface area contributed by atoms with Crippen LogP contribution in [-0.4, -0.2) is 4.98 Å². The van der Waals surface area contributed by atoms with Crippen LogP contribution in [0.4, 0.5) is 5.69 Å². The van der Waals surface area contributed by atoms with Crippen LogP contribution < -0.4 is 10.9 Å². The maximum absolute atomic E-state index is 12.1. The Hall–Kier alpha value is -1.82. The average molecular weight is 390 g/mol. The number of H-pyrrole nitrogens is 1. The predicted octanol–water partition coefficient (Wildman–Crippen LogP) is 4.05. The van der Waals surface area contributed by atoms with E-state index in [0.717, 1.165) is 22.2 Å². The number of rotatable bonds is 3. The topological polar surface area (TPSA) is 44.9 Å². The zero-order valence-electron chi connectivity index (χ0n) is 11.6. The summed E-state index contributed by atoms with van der Waals surface area (Å²) in [5, 5.41) is 4.39. The number of benzene rings is 2. The fourth-order valence-electron chi connectivity index (χ4n) is 2.34. The lowest BCUT2D eigenvalue weighted by molar-refractivity contribution is 1.08. The number of para-hydroxylation sites is 1. The molecule has 0 atom stereocenters. The first-order chi connectivity index (χ1) is 10.1. The van der Waals surface area contributed by atoms with E-state index in [-0.39, 0.29) is 5.56 Å². The van der Waals surface area contributed by atoms with Crippen LogP contribution in [-0.2, 0) is 6.54 Å². The third-order valence-corrected chi connectivity index (χ3v) is 4.16. The van der Waals surface area contributed by atoms with Gasteiger partial charge in [-0.05, 0) is 70.8 Å². The maximum atomic E-state index is 12.1. The quantitative estimate of drug-likeness (QED) is 0.663. The molecule has 0 spiro atoms. The Morgan fingerprint density at radius 1 is 1.14 bits per heavy atom. The van der Waals surface area contributed by atoms with Gasteiger partial charge in [0.05, 0.1) is 0 Å². The van der Waals surface area contributed by atoms with Crippen LogP contribution >= 0.6 is 22.6 Å². The van der Waals surface area contributed by atoms with E-state index in [1.54, 1.807) is 0 Å². The van der Waals surface area contributed by atoms with Crippen molar-refractivity contribution in [2.45, 2.75) is 13.5 Å². The minimum atomic E-state index is -0.0376. The first kappa shape index (κ1) is 14.1. The predicted molar refractivity (Wildman–Crippen MR) is 95.8 cm³/mol. The van der Waals surface area contributed by atoms with Crippen LogP contribution in [0.3, 0.4) is 0 Å². The van der Waals surface area contributed by atoms with E-state index in [2.05, 4.69) is 51.9 Å². The maximum Gasteiger partial charge on any atom is 0.253 e. The lowest BCUT2D eigenvalue weighted by Gasteiger charge is -2.10. The molecule has 2 N–H and O–H groups in total. The molecule has 106 valence electrons. The molecule has 3 nitrogen and oxygen atoms in total. The molecule has 3 rings (SSSR count). The SMILES string of the molecule is Cc1cc(I)ccc1NCc1cc2ccccc2[nH]c1=O. The number of aromatic amines is 1. The number of aryl methyl sites for hydroxylation is 1. The molecule has 4 heteroatoms. The molecule has 0 radical (unpaired) electrons. The molecule has 0 bridgehead atoms. The minimum Gasteiger partial charge on any atom is -0.381 e. The first-order valence-corrected chi connectivity index (χ1v) is 7.82. The molecule has 1 aromatic heterocycles. The van der Waals surface area contributed by atoms with E-state index in [1.807, 2.05) is 36.4 Å². The Bertz CT molecular complexity index is 855. The van der Waals surface area contributed by atoms with E-state index < -0.39 is 0 Å². The summed E-state index contributed by atoms with van der Waals surface area (Å²) in [5.41, 5.74) is 3.81. The van der Waals surface area contributed by atoms with Crippen LogP contribution in [0.5, 0.6) is 0 Å². The Morgan fingerprint density at radius 3 is 2.76 bits per heavy atom. The van der Waals surface area contributed by atoms with Crippen molar-refractivity contribution in [3.63, 3.8) is 0 Å². The second-order valence-electron chi connectivity index (χ2n) is 5.02. The second kappa shape index (κ2) is 5.89. The lowest BCUT2D eigenvalue weighted by atomic mass is 10.1. The molecule has 0 amide bonds. The zero-order valence-corrected chi connectivity index (χ0v) is 13.8. The van der Waals surface area contributed by atoms with Gasteiger partial charge in [-0.15, -0.1) is 0 Å². The third-order valence-electron chi connectivity index (χ3n) is 3.49. The van der Waals surface area contributed by atoms with Crippen LogP contribution in [0.25, 0.3) is 10.9 Å². The summed E-state index contributed by atoms with van der Waals surface area (Å²) in [4.78, 5) is 15.0. The van der Waals surface area contributed by atoms with E-state index in [4.69, 9.17) is 0 Å². The Kier molecular flexibility index (Phi) is 3.96. The summed E-state index contributed by atoms with van der Waals surface area (Å²) >= 11 is 2.29. The molecule has 0 aliphatic heterocycles. The number of nitrogens with one attached hydrogen (secondary N) is 2. The summed E-state index contributed by atoms with van der Waals surface area (Å²) in [7, 11) is 0. The van der Waals surface area contributed by atoms with Crippen molar-refractivity contribution >= 4 is 39.2 Å². The largest absolute Gasteiger partial charge is 0.381 e. The molecule has 0 aliphatic rings. The molecule has 2 aromatic carbocycles. The van der Waals surface area contributed by atoms with Gasteiger partial charge in [0.2, 0.25) is 0 Å². The second-order valence-corrected chi connectivity index (χ2v) is 6.27. The molecule has 0 aliphatic carbocycles. The van der Waals surface area contributed by atoms with Gasteiger partial charge in [-0.2, -0.15) is 0 Å². The number of hydrogen-bond donors (Lipinski definition) is 2. The highest BCUT2D eigenvalue weighted by atomic mass is 127. The number of anilines is 1. The monoisotopic (exact) mass is 390 g/mol. The zero-order chi connectivity index (χ0) is 14.8. The summed E-state index contributed by atoms with van der Waals surface area (Å²) in [6.07, 6.45) is 0. The van der Waals surface area contributed by atoms with Gasteiger partial charge in [-0.1, -0.05) is 18.2 Å². The van der Waals surface area contributed by atoms with Crippen molar-refractivity contribution < 1.29 is 0 Å². The van der Waals surface area contributed by atoms with Crippen LogP contribution in [0.2, 0.25) is 0 Å². The summed E-state index contributed by atoms with van der Waals surface area (Å²) < 4.78 is 1.21. The average Bonchev–Trinajstić information content (AvgIpc) is 2.46. The fraction of sp³-hybridized carbons (Fsp3) is 0.118. The van der Waals surface area contributed by atoms with Gasteiger partial charge in [0.15, 0.2) is 0 Å². The summed E-state index contributed by atoms with van der Waals surface area (Å²) in [5.74, 6) is 0. The van der Waals surface area contributed by atoms with E-state index >= 15 is 0 Å². The third kappa shape index (κ3) is 3.10. The fourth-order valence-corrected chi connectivity index (χ4v) is 2.99. The number of fused-ring (bicyclic) bond motifs is 1. The van der Waals surface area contributed by atoms with E-state index in [9.17, 15) is 4.79 Å². The van der Waals surface area contributed by atoms with Gasteiger partial charge in [-0.25, -0.2) is 0 Å². The molecule has 0 saturated carbocycles. The number of halogens is 1. The first-order valence-electron chi connectivity index (χ1n) is 6.74. The molecular formula is C17H15IN2O. The highest BCUT2D eigenvalue weighted by Gasteiger charge is 2.04. The minimum absolute atomic E-state index is 0.0376. The number of pyridine rings is 1. The van der Waals surface area contributed by atoms with Gasteiger partial charge in [0, 0.05) is 26.9 Å². The van der Waals surface area contributed by atoms with Gasteiger partial charge < -0.3 is 10.3 Å². The van der Waals surface area contributed by atoms with Crippen molar-refractivity contribution in [1.82, 2.24) is 4.98 Å². The van der Waals surface area contributed by atoms with Crippen molar-refractivity contribution in [2.24, 2.45) is 0 Å². The standard InChI is InChI=1S/C17H15IN2O/c1-11-8-14(18)6-7-15(11)19-10-13-9-12-4-2-3-5-16(12)20-17(13)21/h2-9,19H,10H2,1H3,(H,20,21). The van der Waals surface area contributed by atoms with Crippen LogP contribution in [0, 0.1) is 10.5 Å². The molecule has 1 heterocycles. The van der Waals surface area contributed by atoms with Crippen molar-refractivity contribution in [2.75, 3.05) is 5.32 Å². The summed E-state index contributed by atoms with van der Waals surface area (Å²) in [6.45, 7) is 2.58. The highest BCUT2D eigenvalue weighted by Crippen LogP contribution is 2.18. The molecule has 0 saturated heterocycles. The highest BCUT2D eigenvalue weighted by molar-refractivity contribution is 14.1. The number of aromatic nitrogens is 1. The smallest absolute Gasteiger partial charge is 0.253 e. The van der Waals surface area contributed by atoms with Gasteiger partial charge in [-0.3, -0.25) is 4.79 Å². The normalized spacial score (nSPS) is 10.8. The van der Waals surface area contributed by atoms with Crippen LogP contribution in [0.1, 0.15) is 11.1 Å². The van der Waals surface area contributed by atoms with Gasteiger partial charge in [0.25, 0.3) is 5.56 Å². The van der Waals surface area contributed by atoms with Crippen LogP contribution in [0.15, 0.2) is 53.3 Å². The van der Waals surface area contributed by atoms with Gasteiger partial charge in [0.1, 0.15) is 0 Å². The molecular weight excluding hydrogens is 375 g/mol. The molecule has 3 aromatic rings. The molecule has 0 fully saturated rings.